The summed E-state index contributed by atoms with van der Waals surface area (Å²) in [5, 5.41) is 1.85. The number of carbonyl (C=O) groups excluding carboxylic acids is 1. The largest absolute Gasteiger partial charge is 0.483 e. The molecule has 76 valence electrons. The number of benzene rings is 2. The molecular weight excluding hydrogens is 208 g/mol. The molecule has 0 N–H and O–H groups in total. The van der Waals surface area contributed by atoms with Crippen molar-refractivity contribution >= 4 is 29.7 Å². The zero-order valence-corrected chi connectivity index (χ0v) is 8.91. The molecule has 0 saturated carbocycles. The lowest BCUT2D eigenvalue weighted by Crippen LogP contribution is -1.92. The predicted molar refractivity (Wildman–Crippen MR) is 63.8 cm³/mol. The summed E-state index contributed by atoms with van der Waals surface area (Å²) in [7, 11) is 0. The van der Waals surface area contributed by atoms with Gasteiger partial charge in [-0.2, -0.15) is 0 Å². The first kappa shape index (κ1) is 10.1. The van der Waals surface area contributed by atoms with E-state index in [1.165, 1.54) is 0 Å². The van der Waals surface area contributed by atoms with Gasteiger partial charge in [0.15, 0.2) is 6.29 Å². The lowest BCUT2D eigenvalue weighted by atomic mass is 10.0. The Balaban J connectivity index is 2.71. The molecular formula is C12H10O2S. The molecule has 0 aliphatic rings. The van der Waals surface area contributed by atoms with Crippen molar-refractivity contribution in [1.29, 1.82) is 0 Å². The smallest absolute Gasteiger partial charge is 0.150 e. The molecule has 0 unspecified atom stereocenters. The highest BCUT2D eigenvalue weighted by Gasteiger charge is 2.04. The molecule has 2 rings (SSSR count). The van der Waals surface area contributed by atoms with Gasteiger partial charge in [-0.15, -0.1) is 12.6 Å². The molecule has 0 radical (unpaired) electrons. The molecule has 2 nitrogen and oxygen atoms in total. The van der Waals surface area contributed by atoms with Gasteiger partial charge in [-0.3, -0.25) is 4.79 Å². The number of rotatable bonds is 3. The monoisotopic (exact) mass is 218 g/mol. The van der Waals surface area contributed by atoms with Gasteiger partial charge < -0.3 is 4.74 Å². The first-order chi connectivity index (χ1) is 7.36. The lowest BCUT2D eigenvalue weighted by Gasteiger charge is -2.08. The number of fused-ring (bicyclic) bond motifs is 1. The summed E-state index contributed by atoms with van der Waals surface area (Å²) in [5.74, 6) is 1.08. The maximum atomic E-state index is 10.8. The van der Waals surface area contributed by atoms with Crippen molar-refractivity contribution in [3.8, 4) is 5.75 Å². The van der Waals surface area contributed by atoms with Crippen LogP contribution in [0, 0.1) is 0 Å². The molecule has 3 heteroatoms. The van der Waals surface area contributed by atoms with Crippen LogP contribution in [-0.4, -0.2) is 12.2 Å². The third-order valence-electron chi connectivity index (χ3n) is 2.26. The van der Waals surface area contributed by atoms with Crippen LogP contribution in [0.1, 0.15) is 10.4 Å². The fourth-order valence-corrected chi connectivity index (χ4v) is 1.73. The van der Waals surface area contributed by atoms with Crippen molar-refractivity contribution in [1.82, 2.24) is 0 Å². The zero-order chi connectivity index (χ0) is 10.7. The van der Waals surface area contributed by atoms with Crippen molar-refractivity contribution in [2.75, 3.05) is 5.94 Å². The minimum absolute atomic E-state index is 0.324. The number of hydrogen-bond acceptors (Lipinski definition) is 3. The van der Waals surface area contributed by atoms with Crippen molar-refractivity contribution in [2.24, 2.45) is 0 Å². The second-order valence-electron chi connectivity index (χ2n) is 3.09. The quantitative estimate of drug-likeness (QED) is 0.487. The first-order valence-corrected chi connectivity index (χ1v) is 5.20. The Kier molecular flexibility index (Phi) is 2.92. The minimum Gasteiger partial charge on any atom is -0.483 e. The van der Waals surface area contributed by atoms with Gasteiger partial charge in [-0.25, -0.2) is 0 Å². The Bertz CT molecular complexity index is 494. The van der Waals surface area contributed by atoms with E-state index in [0.29, 0.717) is 11.5 Å². The van der Waals surface area contributed by atoms with E-state index in [2.05, 4.69) is 12.6 Å². The van der Waals surface area contributed by atoms with Crippen molar-refractivity contribution in [3.63, 3.8) is 0 Å². The zero-order valence-electron chi connectivity index (χ0n) is 8.01. The summed E-state index contributed by atoms with van der Waals surface area (Å²) in [6.45, 7) is 0. The maximum absolute atomic E-state index is 10.8. The van der Waals surface area contributed by atoms with Crippen LogP contribution in [0.5, 0.6) is 5.75 Å². The summed E-state index contributed by atoms with van der Waals surface area (Å²) in [6.07, 6.45) is 0.854. The van der Waals surface area contributed by atoms with Gasteiger partial charge in [0.05, 0.1) is 0 Å². The van der Waals surface area contributed by atoms with Gasteiger partial charge in [0.25, 0.3) is 0 Å². The van der Waals surface area contributed by atoms with Crippen LogP contribution in [0.15, 0.2) is 36.4 Å². The van der Waals surface area contributed by atoms with Gasteiger partial charge in [-0.05, 0) is 17.5 Å². The summed E-state index contributed by atoms with van der Waals surface area (Å²) in [5.41, 5.74) is 0.678. The highest BCUT2D eigenvalue weighted by atomic mass is 32.1. The second kappa shape index (κ2) is 4.36. The Morgan fingerprint density at radius 3 is 2.53 bits per heavy atom. The number of aldehydes is 1. The highest BCUT2D eigenvalue weighted by molar-refractivity contribution is 7.80. The Morgan fingerprint density at radius 1 is 1.13 bits per heavy atom. The molecule has 0 spiro atoms. The Labute approximate surface area is 93.3 Å². The van der Waals surface area contributed by atoms with E-state index in [1.54, 1.807) is 12.1 Å². The second-order valence-corrected chi connectivity index (χ2v) is 3.35. The number of thiol groups is 1. The summed E-state index contributed by atoms with van der Waals surface area (Å²) < 4.78 is 5.37. The molecule has 0 heterocycles. The minimum atomic E-state index is 0.324. The van der Waals surface area contributed by atoms with Crippen LogP contribution in [-0.2, 0) is 0 Å². The van der Waals surface area contributed by atoms with E-state index in [4.69, 9.17) is 4.74 Å². The Hall–Kier alpha value is -1.48. The average Bonchev–Trinajstić information content (AvgIpc) is 2.30. The van der Waals surface area contributed by atoms with Gasteiger partial charge in [0.2, 0.25) is 0 Å². The topological polar surface area (TPSA) is 26.3 Å². The van der Waals surface area contributed by atoms with Crippen LogP contribution < -0.4 is 4.74 Å². The number of ether oxygens (including phenoxy) is 1. The van der Waals surface area contributed by atoms with E-state index in [1.807, 2.05) is 24.3 Å². The fraction of sp³-hybridized carbons (Fsp3) is 0.0833. The van der Waals surface area contributed by atoms with Gasteiger partial charge >= 0.3 is 0 Å². The molecule has 0 aliphatic heterocycles. The molecule has 0 atom stereocenters. The summed E-state index contributed by atoms with van der Waals surface area (Å²) in [6, 6.07) is 11.2. The molecule has 15 heavy (non-hydrogen) atoms. The van der Waals surface area contributed by atoms with Gasteiger partial charge in [-0.1, -0.05) is 24.3 Å². The summed E-state index contributed by atoms with van der Waals surface area (Å²) >= 11 is 4.01. The predicted octanol–water partition coefficient (Wildman–Crippen LogP) is 2.92. The number of carbonyl (C=O) groups is 1. The molecule has 0 fully saturated rings. The standard InChI is InChI=1S/C12H10O2S/c13-7-9-5-6-12(14-8-15)11-4-2-1-3-10(9)11/h1-7,15H,8H2. The Morgan fingerprint density at radius 2 is 1.87 bits per heavy atom. The van der Waals surface area contributed by atoms with Crippen molar-refractivity contribution < 1.29 is 9.53 Å². The molecule has 0 aliphatic carbocycles. The third kappa shape index (κ3) is 1.83. The van der Waals surface area contributed by atoms with Crippen LogP contribution >= 0.6 is 12.6 Å². The maximum Gasteiger partial charge on any atom is 0.150 e. The molecule has 2 aromatic rings. The van der Waals surface area contributed by atoms with Crippen LogP contribution in [0.2, 0.25) is 0 Å². The van der Waals surface area contributed by atoms with Crippen molar-refractivity contribution in [3.05, 3.63) is 42.0 Å². The van der Waals surface area contributed by atoms with E-state index < -0.39 is 0 Å². The van der Waals surface area contributed by atoms with Crippen LogP contribution in [0.25, 0.3) is 10.8 Å². The lowest BCUT2D eigenvalue weighted by molar-refractivity contribution is 0.112. The van der Waals surface area contributed by atoms with Gasteiger partial charge in [0.1, 0.15) is 11.7 Å². The van der Waals surface area contributed by atoms with E-state index in [0.717, 1.165) is 22.8 Å². The molecule has 0 aromatic heterocycles. The first-order valence-electron chi connectivity index (χ1n) is 4.57. The van der Waals surface area contributed by atoms with E-state index in [9.17, 15) is 4.79 Å². The van der Waals surface area contributed by atoms with E-state index >= 15 is 0 Å². The van der Waals surface area contributed by atoms with E-state index in [-0.39, 0.29) is 0 Å². The normalized spacial score (nSPS) is 10.2. The van der Waals surface area contributed by atoms with Crippen LogP contribution in [0.4, 0.5) is 0 Å². The summed E-state index contributed by atoms with van der Waals surface area (Å²) in [4.78, 5) is 10.8. The molecule has 0 amide bonds. The SMILES string of the molecule is O=Cc1ccc(OCS)c2ccccc12. The van der Waals surface area contributed by atoms with Crippen molar-refractivity contribution in [2.45, 2.75) is 0 Å². The molecule has 2 aromatic carbocycles. The fourth-order valence-electron chi connectivity index (χ4n) is 1.59. The number of hydrogen-bond donors (Lipinski definition) is 1. The van der Waals surface area contributed by atoms with Gasteiger partial charge in [0, 0.05) is 10.9 Å². The highest BCUT2D eigenvalue weighted by Crippen LogP contribution is 2.27. The molecule has 0 saturated heterocycles. The molecule has 0 bridgehead atoms. The third-order valence-corrected chi connectivity index (χ3v) is 2.39. The average molecular weight is 218 g/mol. The van der Waals surface area contributed by atoms with Crippen LogP contribution in [0.3, 0.4) is 0 Å².